The standard InChI is InChI=1S/C10H17NO2/c1-9(2,3)8(13)10(4)6-5-7(12)11-10/h5-6H2,1-4H3,(H,11,12). The Balaban J connectivity index is 2.83. The Kier molecular flexibility index (Phi) is 2.22. The Morgan fingerprint density at radius 2 is 2.00 bits per heavy atom. The SMILES string of the molecule is CC(C)(C)C(=O)C1(C)CCC(=O)N1. The maximum absolute atomic E-state index is 11.9. The van der Waals surface area contributed by atoms with E-state index in [-0.39, 0.29) is 17.1 Å². The van der Waals surface area contributed by atoms with Crippen LogP contribution >= 0.6 is 0 Å². The van der Waals surface area contributed by atoms with Gasteiger partial charge in [0.25, 0.3) is 0 Å². The van der Waals surface area contributed by atoms with Gasteiger partial charge in [0.1, 0.15) is 0 Å². The third-order valence-electron chi connectivity index (χ3n) is 2.45. The molecule has 74 valence electrons. The summed E-state index contributed by atoms with van der Waals surface area (Å²) in [5.74, 6) is 0.103. The first-order valence-electron chi connectivity index (χ1n) is 4.62. The van der Waals surface area contributed by atoms with Gasteiger partial charge >= 0.3 is 0 Å². The minimum atomic E-state index is -0.630. The summed E-state index contributed by atoms with van der Waals surface area (Å²) in [4.78, 5) is 22.9. The highest BCUT2D eigenvalue weighted by molar-refractivity contribution is 5.98. The van der Waals surface area contributed by atoms with E-state index >= 15 is 0 Å². The summed E-state index contributed by atoms with van der Waals surface area (Å²) < 4.78 is 0. The molecule has 1 rings (SSSR count). The van der Waals surface area contributed by atoms with Crippen LogP contribution < -0.4 is 5.32 Å². The van der Waals surface area contributed by atoms with Crippen molar-refractivity contribution < 1.29 is 9.59 Å². The summed E-state index contributed by atoms with van der Waals surface area (Å²) >= 11 is 0. The number of hydrogen-bond donors (Lipinski definition) is 1. The minimum absolute atomic E-state index is 0.0138. The summed E-state index contributed by atoms with van der Waals surface area (Å²) in [6, 6.07) is 0. The molecule has 0 aromatic rings. The Bertz CT molecular complexity index is 252. The van der Waals surface area contributed by atoms with E-state index in [1.54, 1.807) is 0 Å². The predicted octanol–water partition coefficient (Wildman–Crippen LogP) is 1.27. The third-order valence-corrected chi connectivity index (χ3v) is 2.45. The first-order chi connectivity index (χ1) is 5.76. The van der Waals surface area contributed by atoms with E-state index < -0.39 is 5.54 Å². The summed E-state index contributed by atoms with van der Waals surface area (Å²) in [5.41, 5.74) is -1.01. The van der Waals surface area contributed by atoms with Crippen LogP contribution in [0.1, 0.15) is 40.5 Å². The highest BCUT2D eigenvalue weighted by atomic mass is 16.2. The zero-order valence-corrected chi connectivity index (χ0v) is 8.73. The molecule has 1 atom stereocenters. The fourth-order valence-corrected chi connectivity index (χ4v) is 1.79. The van der Waals surface area contributed by atoms with Crippen LogP contribution in [0.4, 0.5) is 0 Å². The average Bonchev–Trinajstić information content (AvgIpc) is 2.29. The van der Waals surface area contributed by atoms with E-state index in [0.717, 1.165) is 0 Å². The zero-order valence-electron chi connectivity index (χ0n) is 8.73. The second-order valence-electron chi connectivity index (χ2n) is 4.96. The molecule has 0 saturated carbocycles. The highest BCUT2D eigenvalue weighted by Gasteiger charge is 2.44. The number of carbonyl (C=O) groups excluding carboxylic acids is 2. The molecule has 1 saturated heterocycles. The molecule has 0 radical (unpaired) electrons. The molecule has 0 aliphatic carbocycles. The lowest BCUT2D eigenvalue weighted by molar-refractivity contribution is -0.133. The van der Waals surface area contributed by atoms with E-state index in [1.807, 2.05) is 27.7 Å². The van der Waals surface area contributed by atoms with Crippen molar-refractivity contribution in [3.05, 3.63) is 0 Å². The van der Waals surface area contributed by atoms with Gasteiger partial charge in [0.05, 0.1) is 5.54 Å². The largest absolute Gasteiger partial charge is 0.344 e. The molecule has 1 aliphatic rings. The Morgan fingerprint density at radius 3 is 2.31 bits per heavy atom. The summed E-state index contributed by atoms with van der Waals surface area (Å²) in [6.45, 7) is 7.45. The number of ketones is 1. The van der Waals surface area contributed by atoms with Crippen molar-refractivity contribution in [2.24, 2.45) is 5.41 Å². The maximum Gasteiger partial charge on any atom is 0.220 e. The second kappa shape index (κ2) is 2.82. The molecule has 0 bridgehead atoms. The molecule has 1 N–H and O–H groups in total. The molecule has 13 heavy (non-hydrogen) atoms. The molecule has 1 fully saturated rings. The fraction of sp³-hybridized carbons (Fsp3) is 0.800. The zero-order chi connectivity index (χ0) is 10.3. The van der Waals surface area contributed by atoms with E-state index in [2.05, 4.69) is 5.32 Å². The van der Waals surface area contributed by atoms with Crippen molar-refractivity contribution in [2.75, 3.05) is 0 Å². The first kappa shape index (κ1) is 10.2. The minimum Gasteiger partial charge on any atom is -0.344 e. The van der Waals surface area contributed by atoms with E-state index in [1.165, 1.54) is 0 Å². The van der Waals surface area contributed by atoms with Gasteiger partial charge in [-0.05, 0) is 13.3 Å². The van der Waals surface area contributed by atoms with Gasteiger partial charge in [-0.15, -0.1) is 0 Å². The van der Waals surface area contributed by atoms with Crippen LogP contribution in [-0.4, -0.2) is 17.2 Å². The molecule has 3 heteroatoms. The van der Waals surface area contributed by atoms with Crippen LogP contribution in [0.2, 0.25) is 0 Å². The van der Waals surface area contributed by atoms with Gasteiger partial charge in [0.15, 0.2) is 5.78 Å². The van der Waals surface area contributed by atoms with Gasteiger partial charge in [-0.1, -0.05) is 20.8 Å². The molecule has 1 unspecified atom stereocenters. The van der Waals surface area contributed by atoms with Crippen LogP contribution in [0.5, 0.6) is 0 Å². The Labute approximate surface area is 78.9 Å². The molecule has 1 heterocycles. The predicted molar refractivity (Wildman–Crippen MR) is 50.2 cm³/mol. The third kappa shape index (κ3) is 1.90. The van der Waals surface area contributed by atoms with Crippen molar-refractivity contribution in [1.82, 2.24) is 5.32 Å². The molecular weight excluding hydrogens is 166 g/mol. The van der Waals surface area contributed by atoms with Gasteiger partial charge in [-0.25, -0.2) is 0 Å². The van der Waals surface area contributed by atoms with Crippen molar-refractivity contribution in [2.45, 2.75) is 46.1 Å². The highest BCUT2D eigenvalue weighted by Crippen LogP contribution is 2.29. The smallest absolute Gasteiger partial charge is 0.220 e. The Hall–Kier alpha value is -0.860. The van der Waals surface area contributed by atoms with Crippen LogP contribution in [0.25, 0.3) is 0 Å². The normalized spacial score (nSPS) is 28.8. The number of hydrogen-bond acceptors (Lipinski definition) is 2. The number of amides is 1. The van der Waals surface area contributed by atoms with Gasteiger partial charge in [-0.3, -0.25) is 9.59 Å². The molecule has 0 aromatic carbocycles. The van der Waals surface area contributed by atoms with Crippen LogP contribution in [-0.2, 0) is 9.59 Å². The van der Waals surface area contributed by atoms with E-state index in [4.69, 9.17) is 0 Å². The summed E-state index contributed by atoms with van der Waals surface area (Å²) in [5, 5.41) is 2.75. The van der Waals surface area contributed by atoms with E-state index in [0.29, 0.717) is 12.8 Å². The molecular formula is C10H17NO2. The number of nitrogens with one attached hydrogen (secondary N) is 1. The summed E-state index contributed by atoms with van der Waals surface area (Å²) in [7, 11) is 0. The Morgan fingerprint density at radius 1 is 1.46 bits per heavy atom. The van der Waals surface area contributed by atoms with Crippen LogP contribution in [0.15, 0.2) is 0 Å². The monoisotopic (exact) mass is 183 g/mol. The fourth-order valence-electron chi connectivity index (χ4n) is 1.79. The average molecular weight is 183 g/mol. The van der Waals surface area contributed by atoms with Gasteiger partial charge in [0.2, 0.25) is 5.91 Å². The first-order valence-corrected chi connectivity index (χ1v) is 4.62. The molecule has 3 nitrogen and oxygen atoms in total. The molecule has 0 aromatic heterocycles. The van der Waals surface area contributed by atoms with Crippen molar-refractivity contribution in [1.29, 1.82) is 0 Å². The van der Waals surface area contributed by atoms with E-state index in [9.17, 15) is 9.59 Å². The lowest BCUT2D eigenvalue weighted by Crippen LogP contribution is -2.50. The molecule has 1 aliphatic heterocycles. The topological polar surface area (TPSA) is 46.2 Å². The maximum atomic E-state index is 11.9. The van der Waals surface area contributed by atoms with Gasteiger partial charge in [0, 0.05) is 11.8 Å². The van der Waals surface area contributed by atoms with Crippen molar-refractivity contribution >= 4 is 11.7 Å². The molecule has 0 spiro atoms. The summed E-state index contributed by atoms with van der Waals surface area (Å²) in [6.07, 6.45) is 1.10. The lowest BCUT2D eigenvalue weighted by atomic mass is 9.78. The number of rotatable bonds is 1. The lowest BCUT2D eigenvalue weighted by Gasteiger charge is -2.30. The quantitative estimate of drug-likeness (QED) is 0.665. The van der Waals surface area contributed by atoms with Crippen LogP contribution in [0.3, 0.4) is 0 Å². The number of Topliss-reactive ketones (excluding diaryl/α,β-unsaturated/α-hetero) is 1. The second-order valence-corrected chi connectivity index (χ2v) is 4.96. The van der Waals surface area contributed by atoms with Crippen molar-refractivity contribution in [3.63, 3.8) is 0 Å². The molecule has 1 amide bonds. The number of carbonyl (C=O) groups is 2. The van der Waals surface area contributed by atoms with Gasteiger partial charge in [-0.2, -0.15) is 0 Å². The van der Waals surface area contributed by atoms with Crippen molar-refractivity contribution in [3.8, 4) is 0 Å². The van der Waals surface area contributed by atoms with Gasteiger partial charge < -0.3 is 5.32 Å². The van der Waals surface area contributed by atoms with Crippen LogP contribution in [0, 0.1) is 5.41 Å².